The molecule has 27 heavy (non-hydrogen) atoms. The molecule has 144 valence electrons. The number of fused-ring (bicyclic) bond motifs is 1. The number of thiophene rings is 1. The molecule has 0 unspecified atom stereocenters. The van der Waals surface area contributed by atoms with Crippen molar-refractivity contribution in [1.82, 2.24) is 9.78 Å². The first kappa shape index (κ1) is 19.0. The van der Waals surface area contributed by atoms with Crippen molar-refractivity contribution in [2.75, 3.05) is 12.4 Å². The lowest BCUT2D eigenvalue weighted by Gasteiger charge is -2.12. The summed E-state index contributed by atoms with van der Waals surface area (Å²) in [7, 11) is 1.32. The Labute approximate surface area is 159 Å². The zero-order chi connectivity index (χ0) is 19.6. The molecule has 2 aromatic rings. The van der Waals surface area contributed by atoms with Crippen LogP contribution in [0.4, 0.5) is 10.7 Å². The normalized spacial score (nSPS) is 14.7. The predicted molar refractivity (Wildman–Crippen MR) is 99.1 cm³/mol. The van der Waals surface area contributed by atoms with Crippen LogP contribution in [0.2, 0.25) is 0 Å². The van der Waals surface area contributed by atoms with Gasteiger partial charge in [-0.15, -0.1) is 11.3 Å². The maximum Gasteiger partial charge on any atom is 0.341 e. The second kappa shape index (κ2) is 7.87. The number of carbonyl (C=O) groups excluding carboxylic acids is 2. The van der Waals surface area contributed by atoms with E-state index in [1.54, 1.807) is 6.92 Å². The van der Waals surface area contributed by atoms with E-state index < -0.39 is 22.8 Å². The number of aromatic nitrogens is 2. The number of anilines is 1. The van der Waals surface area contributed by atoms with Crippen LogP contribution in [0.5, 0.6) is 0 Å². The van der Waals surface area contributed by atoms with Gasteiger partial charge in [-0.3, -0.25) is 19.6 Å². The lowest BCUT2D eigenvalue weighted by molar-refractivity contribution is -0.385. The van der Waals surface area contributed by atoms with Crippen LogP contribution in [-0.4, -0.2) is 33.7 Å². The molecule has 1 aliphatic rings. The van der Waals surface area contributed by atoms with Gasteiger partial charge in [-0.05, 0) is 38.2 Å². The van der Waals surface area contributed by atoms with Gasteiger partial charge >= 0.3 is 11.7 Å². The SMILES string of the molecule is COC(=O)c1c(NC(=O)[C@@H](C)n2cc([N+](=O)[O-])cn2)sc2c1CCCCC2. The third kappa shape index (κ3) is 3.85. The lowest BCUT2D eigenvalue weighted by Crippen LogP contribution is -2.24. The third-order valence-corrected chi connectivity index (χ3v) is 5.83. The molecule has 1 atom stereocenters. The Morgan fingerprint density at radius 2 is 2.11 bits per heavy atom. The Bertz CT molecular complexity index is 888. The van der Waals surface area contributed by atoms with Crippen molar-refractivity contribution in [2.24, 2.45) is 0 Å². The summed E-state index contributed by atoms with van der Waals surface area (Å²) in [5.74, 6) is -0.873. The number of nitro groups is 1. The lowest BCUT2D eigenvalue weighted by atomic mass is 10.1. The zero-order valence-electron chi connectivity index (χ0n) is 15.1. The molecule has 0 radical (unpaired) electrons. The van der Waals surface area contributed by atoms with E-state index in [9.17, 15) is 19.7 Å². The predicted octanol–water partition coefficient (Wildman–Crippen LogP) is 3.11. The van der Waals surface area contributed by atoms with Crippen molar-refractivity contribution in [2.45, 2.75) is 45.1 Å². The Kier molecular flexibility index (Phi) is 5.54. The van der Waals surface area contributed by atoms with Crippen LogP contribution in [0.1, 0.15) is 53.0 Å². The highest BCUT2D eigenvalue weighted by atomic mass is 32.1. The molecule has 0 bridgehead atoms. The van der Waals surface area contributed by atoms with Crippen molar-refractivity contribution in [3.63, 3.8) is 0 Å². The Morgan fingerprint density at radius 1 is 1.37 bits per heavy atom. The largest absolute Gasteiger partial charge is 0.465 e. The molecule has 0 fully saturated rings. The van der Waals surface area contributed by atoms with Gasteiger partial charge < -0.3 is 10.1 Å². The van der Waals surface area contributed by atoms with E-state index in [-0.39, 0.29) is 5.69 Å². The minimum atomic E-state index is -0.772. The monoisotopic (exact) mass is 392 g/mol. The van der Waals surface area contributed by atoms with Gasteiger partial charge in [0, 0.05) is 4.88 Å². The summed E-state index contributed by atoms with van der Waals surface area (Å²) >= 11 is 1.40. The molecule has 2 heterocycles. The average Bonchev–Trinajstić information content (AvgIpc) is 3.20. The second-order valence-electron chi connectivity index (χ2n) is 6.36. The molecule has 0 aliphatic heterocycles. The zero-order valence-corrected chi connectivity index (χ0v) is 15.9. The maximum atomic E-state index is 12.6. The molecule has 1 amide bonds. The molecule has 2 aromatic heterocycles. The summed E-state index contributed by atoms with van der Waals surface area (Å²) in [6, 6.07) is -0.772. The average molecular weight is 392 g/mol. The molecule has 0 spiro atoms. The third-order valence-electron chi connectivity index (χ3n) is 4.62. The summed E-state index contributed by atoms with van der Waals surface area (Å²) in [6.45, 7) is 1.59. The summed E-state index contributed by atoms with van der Waals surface area (Å²) in [6.07, 6.45) is 7.11. The first-order chi connectivity index (χ1) is 12.9. The summed E-state index contributed by atoms with van der Waals surface area (Å²) in [5.41, 5.74) is 1.20. The summed E-state index contributed by atoms with van der Waals surface area (Å²) < 4.78 is 6.15. The number of nitrogens with one attached hydrogen (secondary N) is 1. The standard InChI is InChI=1S/C17H20N4O5S/c1-10(20-9-11(8-18-20)21(24)25)15(22)19-16-14(17(23)26-2)12-6-4-3-5-7-13(12)27-16/h8-10H,3-7H2,1-2H3,(H,19,22)/t10-/m1/s1. The highest BCUT2D eigenvalue weighted by Gasteiger charge is 2.28. The van der Waals surface area contributed by atoms with E-state index in [1.165, 1.54) is 29.3 Å². The molecular weight excluding hydrogens is 372 g/mol. The molecule has 9 nitrogen and oxygen atoms in total. The Hall–Kier alpha value is -2.75. The van der Waals surface area contributed by atoms with Gasteiger partial charge in [-0.25, -0.2) is 4.79 Å². The van der Waals surface area contributed by atoms with Gasteiger partial charge in [0.05, 0.1) is 17.6 Å². The highest BCUT2D eigenvalue weighted by Crippen LogP contribution is 2.38. The first-order valence-electron chi connectivity index (χ1n) is 8.64. The van der Waals surface area contributed by atoms with Crippen molar-refractivity contribution in [3.05, 3.63) is 38.5 Å². The van der Waals surface area contributed by atoms with Gasteiger partial charge in [0.1, 0.15) is 23.4 Å². The fourth-order valence-corrected chi connectivity index (χ4v) is 4.40. The number of esters is 1. The Morgan fingerprint density at radius 3 is 2.78 bits per heavy atom. The number of ether oxygens (including phenoxy) is 1. The van der Waals surface area contributed by atoms with Crippen molar-refractivity contribution >= 4 is 33.9 Å². The van der Waals surface area contributed by atoms with Crippen LogP contribution in [0.3, 0.4) is 0 Å². The van der Waals surface area contributed by atoms with Gasteiger partial charge in [-0.1, -0.05) is 6.42 Å². The number of carbonyl (C=O) groups is 2. The topological polar surface area (TPSA) is 116 Å². The number of aryl methyl sites for hydroxylation is 1. The van der Waals surface area contributed by atoms with E-state index >= 15 is 0 Å². The number of amides is 1. The minimum Gasteiger partial charge on any atom is -0.465 e. The van der Waals surface area contributed by atoms with Crippen molar-refractivity contribution in [1.29, 1.82) is 0 Å². The van der Waals surface area contributed by atoms with Gasteiger partial charge in [-0.2, -0.15) is 5.10 Å². The van der Waals surface area contributed by atoms with Crippen LogP contribution in [0, 0.1) is 10.1 Å². The van der Waals surface area contributed by atoms with Crippen LogP contribution in [0.25, 0.3) is 0 Å². The molecule has 1 aliphatic carbocycles. The molecular formula is C17H20N4O5S. The molecule has 0 saturated heterocycles. The van der Waals surface area contributed by atoms with Gasteiger partial charge in [0.2, 0.25) is 5.91 Å². The number of hydrogen-bond acceptors (Lipinski definition) is 7. The number of methoxy groups -OCH3 is 1. The van der Waals surface area contributed by atoms with Crippen molar-refractivity contribution < 1.29 is 19.2 Å². The maximum absolute atomic E-state index is 12.6. The quantitative estimate of drug-likeness (QED) is 0.362. The fraction of sp³-hybridized carbons (Fsp3) is 0.471. The number of nitrogens with zero attached hydrogens (tertiary/aromatic N) is 3. The molecule has 10 heteroatoms. The van der Waals surface area contributed by atoms with Crippen LogP contribution in [-0.2, 0) is 22.4 Å². The van der Waals surface area contributed by atoms with Crippen LogP contribution >= 0.6 is 11.3 Å². The molecule has 3 rings (SSSR count). The van der Waals surface area contributed by atoms with E-state index in [1.807, 2.05) is 0 Å². The molecule has 0 aromatic carbocycles. The molecule has 0 saturated carbocycles. The summed E-state index contributed by atoms with van der Waals surface area (Å²) in [5, 5.41) is 17.9. The number of rotatable bonds is 5. The van der Waals surface area contributed by atoms with E-state index in [2.05, 4.69) is 10.4 Å². The Balaban J connectivity index is 1.86. The molecule has 1 N–H and O–H groups in total. The number of hydrogen-bond donors (Lipinski definition) is 1. The fourth-order valence-electron chi connectivity index (χ4n) is 3.12. The van der Waals surface area contributed by atoms with E-state index in [0.717, 1.165) is 48.7 Å². The second-order valence-corrected chi connectivity index (χ2v) is 7.47. The van der Waals surface area contributed by atoms with Crippen LogP contribution < -0.4 is 5.32 Å². The van der Waals surface area contributed by atoms with Gasteiger partial charge in [0.25, 0.3) is 0 Å². The minimum absolute atomic E-state index is 0.187. The van der Waals surface area contributed by atoms with E-state index in [0.29, 0.717) is 10.6 Å². The van der Waals surface area contributed by atoms with Crippen molar-refractivity contribution in [3.8, 4) is 0 Å². The van der Waals surface area contributed by atoms with Gasteiger partial charge in [0.15, 0.2) is 0 Å². The van der Waals surface area contributed by atoms with Crippen LogP contribution in [0.15, 0.2) is 12.4 Å². The highest BCUT2D eigenvalue weighted by molar-refractivity contribution is 7.17. The first-order valence-corrected chi connectivity index (χ1v) is 9.46. The summed E-state index contributed by atoms with van der Waals surface area (Å²) in [4.78, 5) is 36.3. The smallest absolute Gasteiger partial charge is 0.341 e. The van der Waals surface area contributed by atoms with E-state index in [4.69, 9.17) is 4.74 Å².